The van der Waals surface area contributed by atoms with Crippen LogP contribution in [0, 0.1) is 0 Å². The van der Waals surface area contributed by atoms with Crippen molar-refractivity contribution >= 4 is 6.09 Å². The van der Waals surface area contributed by atoms with Crippen LogP contribution in [0.5, 0.6) is 0 Å². The average molecular weight is 216 g/mol. The number of amides is 1. The van der Waals surface area contributed by atoms with Gasteiger partial charge < -0.3 is 20.5 Å². The summed E-state index contributed by atoms with van der Waals surface area (Å²) in [6, 6.07) is 0. The molecule has 3 N–H and O–H groups in total. The molecular weight excluding hydrogens is 196 g/mol. The van der Waals surface area contributed by atoms with Crippen LogP contribution in [-0.2, 0) is 4.74 Å². The first kappa shape index (κ1) is 12.3. The number of β-amino-alcohol motifs (C(OH)–C–C–N with tert-alkyl or cyclic N) is 1. The zero-order valence-electron chi connectivity index (χ0n) is 9.54. The number of carbonyl (C=O) groups excluding carboxylic acids is 1. The monoisotopic (exact) mass is 216 g/mol. The van der Waals surface area contributed by atoms with Crippen LogP contribution in [-0.4, -0.2) is 42.0 Å². The first-order chi connectivity index (χ1) is 6.88. The van der Waals surface area contributed by atoms with Gasteiger partial charge in [0, 0.05) is 12.1 Å². The van der Waals surface area contributed by atoms with Crippen molar-refractivity contribution in [3.8, 4) is 0 Å². The zero-order chi connectivity index (χ0) is 11.5. The standard InChI is InChI=1S/C10H20N2O3/c1-10(2,3)12-9(14)15-8-4-5-11-6-7(8)13/h7-8,11,13H,4-6H2,1-3H3,(H,12,14). The fraction of sp³-hybridized carbons (Fsp3) is 0.900. The molecule has 0 saturated carbocycles. The summed E-state index contributed by atoms with van der Waals surface area (Å²) < 4.78 is 5.14. The number of aliphatic hydroxyl groups excluding tert-OH is 1. The number of alkyl carbamates (subject to hydrolysis) is 1. The van der Waals surface area contributed by atoms with Crippen LogP contribution in [0.4, 0.5) is 4.79 Å². The molecule has 1 fully saturated rings. The lowest BCUT2D eigenvalue weighted by Crippen LogP contribution is -2.49. The summed E-state index contributed by atoms with van der Waals surface area (Å²) >= 11 is 0. The molecule has 1 heterocycles. The predicted molar refractivity (Wildman–Crippen MR) is 56.7 cm³/mol. The van der Waals surface area contributed by atoms with Crippen molar-refractivity contribution in [3.63, 3.8) is 0 Å². The minimum absolute atomic E-state index is 0.311. The van der Waals surface area contributed by atoms with Crippen molar-refractivity contribution in [2.75, 3.05) is 13.1 Å². The average Bonchev–Trinajstić information content (AvgIpc) is 2.05. The van der Waals surface area contributed by atoms with Gasteiger partial charge in [0.05, 0.1) is 0 Å². The van der Waals surface area contributed by atoms with Crippen LogP contribution in [0.15, 0.2) is 0 Å². The van der Waals surface area contributed by atoms with Gasteiger partial charge in [-0.1, -0.05) is 0 Å². The van der Waals surface area contributed by atoms with Gasteiger partial charge in [0.25, 0.3) is 0 Å². The number of hydrogen-bond acceptors (Lipinski definition) is 4. The molecule has 1 rings (SSSR count). The quantitative estimate of drug-likeness (QED) is 0.587. The third-order valence-corrected chi connectivity index (χ3v) is 2.12. The molecule has 0 aromatic heterocycles. The van der Waals surface area contributed by atoms with Crippen molar-refractivity contribution in [2.24, 2.45) is 0 Å². The highest BCUT2D eigenvalue weighted by atomic mass is 16.6. The Morgan fingerprint density at radius 3 is 2.73 bits per heavy atom. The van der Waals surface area contributed by atoms with Crippen LogP contribution in [0.1, 0.15) is 27.2 Å². The second-order valence-electron chi connectivity index (χ2n) is 4.88. The van der Waals surface area contributed by atoms with Crippen molar-refractivity contribution in [1.82, 2.24) is 10.6 Å². The minimum Gasteiger partial charge on any atom is -0.443 e. The fourth-order valence-corrected chi connectivity index (χ4v) is 1.43. The summed E-state index contributed by atoms with van der Waals surface area (Å²) in [5, 5.41) is 15.3. The Morgan fingerprint density at radius 1 is 1.53 bits per heavy atom. The van der Waals surface area contributed by atoms with E-state index in [0.717, 1.165) is 6.54 Å². The Hall–Kier alpha value is -0.810. The van der Waals surface area contributed by atoms with Crippen LogP contribution >= 0.6 is 0 Å². The summed E-state index contributed by atoms with van der Waals surface area (Å²) in [6.45, 7) is 6.89. The molecule has 0 aromatic rings. The van der Waals surface area contributed by atoms with Crippen molar-refractivity contribution in [2.45, 2.75) is 44.9 Å². The highest BCUT2D eigenvalue weighted by Gasteiger charge is 2.27. The zero-order valence-corrected chi connectivity index (χ0v) is 9.54. The topological polar surface area (TPSA) is 70.6 Å². The Balaban J connectivity index is 2.36. The molecule has 88 valence electrons. The normalized spacial score (nSPS) is 27.2. The predicted octanol–water partition coefficient (Wildman–Crippen LogP) is 0.234. The second-order valence-corrected chi connectivity index (χ2v) is 4.88. The van der Waals surface area contributed by atoms with Gasteiger partial charge in [0.2, 0.25) is 0 Å². The lowest BCUT2D eigenvalue weighted by Gasteiger charge is -2.29. The van der Waals surface area contributed by atoms with Crippen molar-refractivity contribution in [3.05, 3.63) is 0 Å². The van der Waals surface area contributed by atoms with Gasteiger partial charge in [-0.2, -0.15) is 0 Å². The Kier molecular flexibility index (Phi) is 3.93. The van der Waals surface area contributed by atoms with E-state index in [0.29, 0.717) is 13.0 Å². The molecule has 1 aliphatic heterocycles. The van der Waals surface area contributed by atoms with E-state index in [4.69, 9.17) is 4.74 Å². The molecule has 0 bridgehead atoms. The molecule has 1 amide bonds. The van der Waals surface area contributed by atoms with Gasteiger partial charge in [-0.05, 0) is 33.7 Å². The summed E-state index contributed by atoms with van der Waals surface area (Å²) in [4.78, 5) is 11.4. The van der Waals surface area contributed by atoms with E-state index < -0.39 is 18.3 Å². The largest absolute Gasteiger partial charge is 0.443 e. The van der Waals surface area contributed by atoms with E-state index in [1.54, 1.807) is 0 Å². The number of hydrogen-bond donors (Lipinski definition) is 3. The number of ether oxygens (including phenoxy) is 1. The minimum atomic E-state index is -0.607. The van der Waals surface area contributed by atoms with Crippen LogP contribution in [0.25, 0.3) is 0 Å². The molecule has 0 aliphatic carbocycles. The third kappa shape index (κ3) is 4.48. The Bertz CT molecular complexity index is 225. The molecule has 1 aliphatic rings. The molecule has 5 nitrogen and oxygen atoms in total. The molecular formula is C10H20N2O3. The maximum atomic E-state index is 11.4. The van der Waals surface area contributed by atoms with E-state index in [9.17, 15) is 9.90 Å². The molecule has 5 heteroatoms. The SMILES string of the molecule is CC(C)(C)NC(=O)OC1CCNCC1O. The summed E-state index contributed by atoms with van der Waals surface area (Å²) in [7, 11) is 0. The Morgan fingerprint density at radius 2 is 2.20 bits per heavy atom. The van der Waals surface area contributed by atoms with Gasteiger partial charge in [-0.25, -0.2) is 4.79 Å². The number of piperidine rings is 1. The van der Waals surface area contributed by atoms with Gasteiger partial charge in [0.1, 0.15) is 12.2 Å². The van der Waals surface area contributed by atoms with E-state index in [1.165, 1.54) is 0 Å². The first-order valence-corrected chi connectivity index (χ1v) is 5.26. The van der Waals surface area contributed by atoms with Crippen LogP contribution < -0.4 is 10.6 Å². The lowest BCUT2D eigenvalue weighted by molar-refractivity contribution is -0.0152. The molecule has 1 saturated heterocycles. The third-order valence-electron chi connectivity index (χ3n) is 2.12. The molecule has 0 spiro atoms. The smallest absolute Gasteiger partial charge is 0.407 e. The van der Waals surface area contributed by atoms with Crippen molar-refractivity contribution < 1.29 is 14.6 Å². The number of rotatable bonds is 1. The maximum absolute atomic E-state index is 11.4. The van der Waals surface area contributed by atoms with Gasteiger partial charge in [0.15, 0.2) is 0 Å². The van der Waals surface area contributed by atoms with Crippen molar-refractivity contribution in [1.29, 1.82) is 0 Å². The molecule has 15 heavy (non-hydrogen) atoms. The maximum Gasteiger partial charge on any atom is 0.407 e. The molecule has 0 radical (unpaired) electrons. The molecule has 2 atom stereocenters. The van der Waals surface area contributed by atoms with Gasteiger partial charge >= 0.3 is 6.09 Å². The van der Waals surface area contributed by atoms with E-state index in [-0.39, 0.29) is 5.54 Å². The van der Waals surface area contributed by atoms with E-state index in [1.807, 2.05) is 20.8 Å². The highest BCUT2D eigenvalue weighted by molar-refractivity contribution is 5.68. The molecule has 2 unspecified atom stereocenters. The fourth-order valence-electron chi connectivity index (χ4n) is 1.43. The van der Waals surface area contributed by atoms with Crippen LogP contribution in [0.2, 0.25) is 0 Å². The molecule has 0 aromatic carbocycles. The summed E-state index contributed by atoms with van der Waals surface area (Å²) in [5.74, 6) is 0. The number of carbonyl (C=O) groups is 1. The number of aliphatic hydroxyl groups is 1. The second kappa shape index (κ2) is 4.81. The van der Waals surface area contributed by atoms with E-state index >= 15 is 0 Å². The Labute approximate surface area is 90.2 Å². The van der Waals surface area contributed by atoms with Gasteiger partial charge in [-0.3, -0.25) is 0 Å². The van der Waals surface area contributed by atoms with E-state index in [2.05, 4.69) is 10.6 Å². The lowest BCUT2D eigenvalue weighted by atomic mass is 10.1. The summed E-state index contributed by atoms with van der Waals surface area (Å²) in [5.41, 5.74) is -0.311. The van der Waals surface area contributed by atoms with Crippen LogP contribution in [0.3, 0.4) is 0 Å². The highest BCUT2D eigenvalue weighted by Crippen LogP contribution is 2.09. The number of nitrogens with one attached hydrogen (secondary N) is 2. The van der Waals surface area contributed by atoms with Gasteiger partial charge in [-0.15, -0.1) is 0 Å². The first-order valence-electron chi connectivity index (χ1n) is 5.26. The summed E-state index contributed by atoms with van der Waals surface area (Å²) in [6.07, 6.45) is -0.815.